The molecule has 0 saturated heterocycles. The predicted molar refractivity (Wildman–Crippen MR) is 89.9 cm³/mol. The van der Waals surface area contributed by atoms with Crippen LogP contribution in [0.3, 0.4) is 0 Å². The van der Waals surface area contributed by atoms with Crippen LogP contribution in [0.1, 0.15) is 12.5 Å². The van der Waals surface area contributed by atoms with Crippen molar-refractivity contribution in [1.29, 1.82) is 0 Å². The minimum atomic E-state index is -0.710. The molecule has 0 radical (unpaired) electrons. The van der Waals surface area contributed by atoms with Gasteiger partial charge in [0.1, 0.15) is 10.8 Å². The van der Waals surface area contributed by atoms with E-state index in [1.807, 2.05) is 18.2 Å². The van der Waals surface area contributed by atoms with Crippen LogP contribution in [0.2, 0.25) is 15.1 Å². The summed E-state index contributed by atoms with van der Waals surface area (Å²) in [4.78, 5) is 12.1. The first-order valence-electron chi connectivity index (χ1n) is 6.61. The number of benzene rings is 2. The van der Waals surface area contributed by atoms with Crippen LogP contribution < -0.4 is 10.1 Å². The van der Waals surface area contributed by atoms with Crippen LogP contribution in [0.4, 0.5) is 0 Å². The Labute approximate surface area is 144 Å². The first-order chi connectivity index (χ1) is 10.5. The van der Waals surface area contributed by atoms with Gasteiger partial charge in [-0.3, -0.25) is 4.79 Å². The molecule has 1 N–H and O–H groups in total. The molecule has 2 aromatic rings. The summed E-state index contributed by atoms with van der Waals surface area (Å²) in [6, 6.07) is 12.3. The Hall–Kier alpha value is -1.42. The van der Waals surface area contributed by atoms with Crippen LogP contribution in [0.5, 0.6) is 5.75 Å². The number of halogens is 3. The minimum Gasteiger partial charge on any atom is -0.479 e. The lowest BCUT2D eigenvalue weighted by Gasteiger charge is -2.16. The third-order valence-corrected chi connectivity index (χ3v) is 4.17. The van der Waals surface area contributed by atoms with Crippen molar-refractivity contribution in [3.63, 3.8) is 0 Å². The second-order valence-corrected chi connectivity index (χ2v) is 5.81. The first kappa shape index (κ1) is 16.9. The Morgan fingerprint density at radius 3 is 2.50 bits per heavy atom. The van der Waals surface area contributed by atoms with E-state index in [0.717, 1.165) is 5.56 Å². The summed E-state index contributed by atoms with van der Waals surface area (Å²) in [6.45, 7) is 1.97. The molecule has 0 bridgehead atoms. The zero-order chi connectivity index (χ0) is 16.1. The van der Waals surface area contributed by atoms with E-state index in [4.69, 9.17) is 39.5 Å². The number of nitrogens with one attached hydrogen (secondary N) is 1. The van der Waals surface area contributed by atoms with Crippen molar-refractivity contribution in [3.05, 3.63) is 63.1 Å². The van der Waals surface area contributed by atoms with Gasteiger partial charge in [0.15, 0.2) is 6.10 Å². The van der Waals surface area contributed by atoms with Gasteiger partial charge in [-0.2, -0.15) is 0 Å². The van der Waals surface area contributed by atoms with Crippen LogP contribution in [-0.4, -0.2) is 12.0 Å². The van der Waals surface area contributed by atoms with Gasteiger partial charge < -0.3 is 10.1 Å². The monoisotopic (exact) mass is 357 g/mol. The molecule has 1 unspecified atom stereocenters. The van der Waals surface area contributed by atoms with Crippen molar-refractivity contribution in [2.24, 2.45) is 0 Å². The van der Waals surface area contributed by atoms with E-state index in [1.54, 1.807) is 31.2 Å². The molecule has 22 heavy (non-hydrogen) atoms. The van der Waals surface area contributed by atoms with E-state index in [0.29, 0.717) is 22.3 Å². The molecule has 2 rings (SSSR count). The van der Waals surface area contributed by atoms with Crippen molar-refractivity contribution in [2.75, 3.05) is 0 Å². The molecule has 0 aliphatic rings. The summed E-state index contributed by atoms with van der Waals surface area (Å²) in [5, 5.41) is 4.04. The van der Waals surface area contributed by atoms with Gasteiger partial charge >= 0.3 is 0 Å². The molecular weight excluding hydrogens is 345 g/mol. The number of ether oxygens (including phenoxy) is 1. The van der Waals surface area contributed by atoms with Gasteiger partial charge in [0, 0.05) is 11.6 Å². The highest BCUT2D eigenvalue weighted by molar-refractivity contribution is 6.42. The van der Waals surface area contributed by atoms with Gasteiger partial charge in [-0.15, -0.1) is 0 Å². The van der Waals surface area contributed by atoms with Crippen LogP contribution >= 0.6 is 34.8 Å². The molecule has 116 valence electrons. The number of amides is 1. The van der Waals surface area contributed by atoms with E-state index in [9.17, 15) is 4.79 Å². The van der Waals surface area contributed by atoms with Crippen LogP contribution in [0.15, 0.2) is 42.5 Å². The average Bonchev–Trinajstić information content (AvgIpc) is 2.50. The molecular formula is C16H14Cl3NO2. The number of carbonyl (C=O) groups excluding carboxylic acids is 1. The molecule has 0 aliphatic carbocycles. The Balaban J connectivity index is 1.95. The van der Waals surface area contributed by atoms with Crippen molar-refractivity contribution < 1.29 is 9.53 Å². The van der Waals surface area contributed by atoms with Crippen molar-refractivity contribution in [2.45, 2.75) is 19.6 Å². The molecule has 2 aromatic carbocycles. The lowest BCUT2D eigenvalue weighted by atomic mass is 10.2. The first-order valence-corrected chi connectivity index (χ1v) is 7.74. The number of carbonyl (C=O) groups is 1. The normalized spacial score (nSPS) is 11.8. The third-order valence-electron chi connectivity index (χ3n) is 3.00. The lowest BCUT2D eigenvalue weighted by Crippen LogP contribution is -2.36. The van der Waals surface area contributed by atoms with Crippen LogP contribution in [0, 0.1) is 0 Å². The second kappa shape index (κ2) is 7.73. The summed E-state index contributed by atoms with van der Waals surface area (Å²) >= 11 is 18.0. The second-order valence-electron chi connectivity index (χ2n) is 4.62. The van der Waals surface area contributed by atoms with E-state index < -0.39 is 6.10 Å². The maximum absolute atomic E-state index is 12.1. The standard InChI is InChI=1S/C16H14Cl3NO2/c1-10(22-14-8-4-7-13(18)15(14)19)16(21)20-9-11-5-2-3-6-12(11)17/h2-8,10H,9H2,1H3,(H,20,21). The molecule has 0 aromatic heterocycles. The van der Waals surface area contributed by atoms with E-state index in [2.05, 4.69) is 5.32 Å². The highest BCUT2D eigenvalue weighted by Crippen LogP contribution is 2.32. The molecule has 1 atom stereocenters. The molecule has 0 fully saturated rings. The predicted octanol–water partition coefficient (Wildman–Crippen LogP) is 4.73. The van der Waals surface area contributed by atoms with Crippen molar-refractivity contribution in [3.8, 4) is 5.75 Å². The Kier molecular flexibility index (Phi) is 5.95. The van der Waals surface area contributed by atoms with Crippen molar-refractivity contribution >= 4 is 40.7 Å². The molecule has 0 spiro atoms. The van der Waals surface area contributed by atoms with Gasteiger partial charge in [0.25, 0.3) is 5.91 Å². The highest BCUT2D eigenvalue weighted by atomic mass is 35.5. The summed E-state index contributed by atoms with van der Waals surface area (Å²) in [6.07, 6.45) is -0.710. The van der Waals surface area contributed by atoms with Gasteiger partial charge in [-0.25, -0.2) is 0 Å². The number of hydrogen-bond acceptors (Lipinski definition) is 2. The van der Waals surface area contributed by atoms with Gasteiger partial charge in [-0.05, 0) is 30.7 Å². The Morgan fingerprint density at radius 2 is 1.77 bits per heavy atom. The fraction of sp³-hybridized carbons (Fsp3) is 0.188. The summed E-state index contributed by atoms with van der Waals surface area (Å²) in [5.74, 6) is 0.102. The quantitative estimate of drug-likeness (QED) is 0.839. The largest absolute Gasteiger partial charge is 0.479 e. The fourth-order valence-electron chi connectivity index (χ4n) is 1.79. The molecule has 0 saturated carbocycles. The highest BCUT2D eigenvalue weighted by Gasteiger charge is 2.17. The molecule has 1 amide bonds. The Morgan fingerprint density at radius 1 is 1.09 bits per heavy atom. The number of rotatable bonds is 5. The molecule has 0 aliphatic heterocycles. The fourth-order valence-corrected chi connectivity index (χ4v) is 2.33. The van der Waals surface area contributed by atoms with Crippen molar-refractivity contribution in [1.82, 2.24) is 5.32 Å². The maximum atomic E-state index is 12.1. The SMILES string of the molecule is CC(Oc1cccc(Cl)c1Cl)C(=O)NCc1ccccc1Cl. The zero-order valence-corrected chi connectivity index (χ0v) is 14.0. The summed E-state index contributed by atoms with van der Waals surface area (Å²) in [5.41, 5.74) is 0.838. The minimum absolute atomic E-state index is 0.268. The molecule has 3 nitrogen and oxygen atoms in total. The smallest absolute Gasteiger partial charge is 0.261 e. The van der Waals surface area contributed by atoms with E-state index in [1.165, 1.54) is 0 Å². The van der Waals surface area contributed by atoms with Gasteiger partial charge in [-0.1, -0.05) is 59.1 Å². The number of hydrogen-bond donors (Lipinski definition) is 1. The van der Waals surface area contributed by atoms with Crippen LogP contribution in [0.25, 0.3) is 0 Å². The maximum Gasteiger partial charge on any atom is 0.261 e. The summed E-state index contributed by atoms with van der Waals surface area (Å²) < 4.78 is 5.54. The topological polar surface area (TPSA) is 38.3 Å². The lowest BCUT2D eigenvalue weighted by molar-refractivity contribution is -0.127. The third kappa shape index (κ3) is 4.29. The Bertz CT molecular complexity index is 676. The zero-order valence-electron chi connectivity index (χ0n) is 11.8. The molecule has 0 heterocycles. The van der Waals surface area contributed by atoms with Gasteiger partial charge in [0.05, 0.1) is 5.02 Å². The average molecular weight is 359 g/mol. The van der Waals surface area contributed by atoms with E-state index in [-0.39, 0.29) is 10.9 Å². The van der Waals surface area contributed by atoms with Gasteiger partial charge in [0.2, 0.25) is 0 Å². The van der Waals surface area contributed by atoms with Crippen LogP contribution in [-0.2, 0) is 11.3 Å². The van der Waals surface area contributed by atoms with E-state index >= 15 is 0 Å². The summed E-state index contributed by atoms with van der Waals surface area (Å²) in [7, 11) is 0. The molecule has 6 heteroatoms.